The predicted octanol–water partition coefficient (Wildman–Crippen LogP) is 0.851. The van der Waals surface area contributed by atoms with E-state index >= 15 is 0 Å². The summed E-state index contributed by atoms with van der Waals surface area (Å²) in [4.78, 5) is 21.2. The lowest BCUT2D eigenvalue weighted by atomic mass is 10.2. The highest BCUT2D eigenvalue weighted by atomic mass is 16.2. The standard InChI is InChI=1S/C15H22N4O/c16-10-13-9-12(3-5-17-13)15(20)19-8-4-14(11-19)18-6-1-2-7-18/h3,5,9,14H,1-2,4,6-8,10-11,16H2. The molecule has 0 bridgehead atoms. The lowest BCUT2D eigenvalue weighted by Gasteiger charge is -2.23. The number of amides is 1. The van der Waals surface area contributed by atoms with Gasteiger partial charge < -0.3 is 10.6 Å². The van der Waals surface area contributed by atoms with Crippen LogP contribution in [0, 0.1) is 0 Å². The van der Waals surface area contributed by atoms with Crippen molar-refractivity contribution in [1.82, 2.24) is 14.8 Å². The number of rotatable bonds is 3. The molecule has 1 aromatic rings. The number of nitrogens with zero attached hydrogens (tertiary/aromatic N) is 3. The van der Waals surface area contributed by atoms with E-state index in [1.165, 1.54) is 25.9 Å². The Labute approximate surface area is 119 Å². The fourth-order valence-corrected chi connectivity index (χ4v) is 3.24. The van der Waals surface area contributed by atoms with Gasteiger partial charge in [0.1, 0.15) is 0 Å². The first-order valence-corrected chi connectivity index (χ1v) is 7.46. The molecule has 0 aliphatic carbocycles. The van der Waals surface area contributed by atoms with E-state index in [2.05, 4.69) is 9.88 Å². The van der Waals surface area contributed by atoms with Gasteiger partial charge in [0.25, 0.3) is 5.91 Å². The van der Waals surface area contributed by atoms with Gasteiger partial charge in [0.05, 0.1) is 5.69 Å². The zero-order valence-corrected chi connectivity index (χ0v) is 11.8. The Morgan fingerprint density at radius 1 is 1.35 bits per heavy atom. The summed E-state index contributed by atoms with van der Waals surface area (Å²) in [5, 5.41) is 0. The van der Waals surface area contributed by atoms with E-state index in [0.717, 1.165) is 25.2 Å². The molecule has 2 aliphatic rings. The van der Waals surface area contributed by atoms with E-state index in [0.29, 0.717) is 18.2 Å². The van der Waals surface area contributed by atoms with Gasteiger partial charge >= 0.3 is 0 Å². The Hall–Kier alpha value is -1.46. The zero-order chi connectivity index (χ0) is 13.9. The molecule has 1 aromatic heterocycles. The Morgan fingerprint density at radius 3 is 2.90 bits per heavy atom. The number of carbonyl (C=O) groups is 1. The molecule has 2 saturated heterocycles. The average Bonchev–Trinajstić information content (AvgIpc) is 3.17. The smallest absolute Gasteiger partial charge is 0.254 e. The topological polar surface area (TPSA) is 62.5 Å². The molecule has 108 valence electrons. The van der Waals surface area contributed by atoms with Gasteiger partial charge in [0.2, 0.25) is 0 Å². The van der Waals surface area contributed by atoms with Crippen LogP contribution in [0.15, 0.2) is 18.3 Å². The van der Waals surface area contributed by atoms with Gasteiger partial charge in [-0.15, -0.1) is 0 Å². The highest BCUT2D eigenvalue weighted by Crippen LogP contribution is 2.21. The second-order valence-corrected chi connectivity index (χ2v) is 5.68. The van der Waals surface area contributed by atoms with Crippen LogP contribution in [0.4, 0.5) is 0 Å². The number of pyridine rings is 1. The quantitative estimate of drug-likeness (QED) is 0.887. The monoisotopic (exact) mass is 274 g/mol. The van der Waals surface area contributed by atoms with Gasteiger partial charge in [-0.3, -0.25) is 14.7 Å². The third kappa shape index (κ3) is 2.69. The third-order valence-electron chi connectivity index (χ3n) is 4.38. The molecule has 5 heteroatoms. The molecule has 5 nitrogen and oxygen atoms in total. The molecule has 20 heavy (non-hydrogen) atoms. The van der Waals surface area contributed by atoms with Crippen molar-refractivity contribution < 1.29 is 4.79 Å². The van der Waals surface area contributed by atoms with Crippen LogP contribution in [0.1, 0.15) is 35.3 Å². The summed E-state index contributed by atoms with van der Waals surface area (Å²) >= 11 is 0. The lowest BCUT2D eigenvalue weighted by molar-refractivity contribution is 0.0780. The summed E-state index contributed by atoms with van der Waals surface area (Å²) in [5.74, 6) is 0.115. The van der Waals surface area contributed by atoms with Crippen LogP contribution in [0.25, 0.3) is 0 Å². The van der Waals surface area contributed by atoms with Gasteiger partial charge in [-0.05, 0) is 44.5 Å². The normalized spacial score (nSPS) is 23.4. The van der Waals surface area contributed by atoms with Crippen molar-refractivity contribution in [3.8, 4) is 0 Å². The van der Waals surface area contributed by atoms with E-state index < -0.39 is 0 Å². The average molecular weight is 274 g/mol. The molecule has 1 amide bonds. The summed E-state index contributed by atoms with van der Waals surface area (Å²) in [6, 6.07) is 4.15. The van der Waals surface area contributed by atoms with Crippen LogP contribution in [-0.2, 0) is 6.54 Å². The second-order valence-electron chi connectivity index (χ2n) is 5.68. The number of aromatic nitrogens is 1. The first-order valence-electron chi connectivity index (χ1n) is 7.46. The number of nitrogens with two attached hydrogens (primary N) is 1. The van der Waals surface area contributed by atoms with Crippen molar-refractivity contribution in [2.45, 2.75) is 31.8 Å². The van der Waals surface area contributed by atoms with E-state index in [1.54, 1.807) is 12.3 Å². The van der Waals surface area contributed by atoms with Crippen molar-refractivity contribution in [2.24, 2.45) is 5.73 Å². The van der Waals surface area contributed by atoms with Gasteiger partial charge in [0.15, 0.2) is 0 Å². The zero-order valence-electron chi connectivity index (χ0n) is 11.8. The summed E-state index contributed by atoms with van der Waals surface area (Å²) in [7, 11) is 0. The van der Waals surface area contributed by atoms with Gasteiger partial charge in [-0.2, -0.15) is 0 Å². The number of likely N-dealkylation sites (tertiary alicyclic amines) is 2. The fourth-order valence-electron chi connectivity index (χ4n) is 3.24. The SMILES string of the molecule is NCc1cc(C(=O)N2CCC(N3CCCC3)C2)ccn1. The van der Waals surface area contributed by atoms with Gasteiger partial charge in [-0.25, -0.2) is 0 Å². The van der Waals surface area contributed by atoms with Crippen molar-refractivity contribution in [3.05, 3.63) is 29.6 Å². The highest BCUT2D eigenvalue weighted by Gasteiger charge is 2.31. The van der Waals surface area contributed by atoms with Crippen molar-refractivity contribution in [3.63, 3.8) is 0 Å². The molecule has 3 heterocycles. The summed E-state index contributed by atoms with van der Waals surface area (Å²) in [6.45, 7) is 4.48. The largest absolute Gasteiger partial charge is 0.337 e. The van der Waals surface area contributed by atoms with Crippen LogP contribution >= 0.6 is 0 Å². The Morgan fingerprint density at radius 2 is 2.15 bits per heavy atom. The highest BCUT2D eigenvalue weighted by molar-refractivity contribution is 5.94. The molecule has 1 unspecified atom stereocenters. The Bertz CT molecular complexity index is 485. The molecule has 1 atom stereocenters. The Kier molecular flexibility index (Phi) is 3.98. The molecule has 3 rings (SSSR count). The second kappa shape index (κ2) is 5.89. The molecular formula is C15H22N4O. The molecule has 0 radical (unpaired) electrons. The predicted molar refractivity (Wildman–Crippen MR) is 77.2 cm³/mol. The van der Waals surface area contributed by atoms with Crippen molar-refractivity contribution in [1.29, 1.82) is 0 Å². The lowest BCUT2D eigenvalue weighted by Crippen LogP contribution is -2.37. The molecule has 2 fully saturated rings. The molecule has 2 aliphatic heterocycles. The molecule has 0 saturated carbocycles. The maximum absolute atomic E-state index is 12.5. The van der Waals surface area contributed by atoms with Crippen molar-refractivity contribution >= 4 is 5.91 Å². The van der Waals surface area contributed by atoms with Crippen LogP contribution in [0.2, 0.25) is 0 Å². The third-order valence-corrected chi connectivity index (χ3v) is 4.38. The van der Waals surface area contributed by atoms with E-state index in [1.807, 2.05) is 11.0 Å². The van der Waals surface area contributed by atoms with Gasteiger partial charge in [0, 0.05) is 37.4 Å². The molecule has 0 spiro atoms. The first-order chi connectivity index (χ1) is 9.78. The molecular weight excluding hydrogens is 252 g/mol. The summed E-state index contributed by atoms with van der Waals surface area (Å²) < 4.78 is 0. The van der Waals surface area contributed by atoms with Gasteiger partial charge in [-0.1, -0.05) is 0 Å². The Balaban J connectivity index is 1.65. The van der Waals surface area contributed by atoms with E-state index in [-0.39, 0.29) is 5.91 Å². The number of hydrogen-bond acceptors (Lipinski definition) is 4. The first kappa shape index (κ1) is 13.5. The van der Waals surface area contributed by atoms with E-state index in [4.69, 9.17) is 5.73 Å². The minimum absolute atomic E-state index is 0.115. The minimum Gasteiger partial charge on any atom is -0.337 e. The maximum Gasteiger partial charge on any atom is 0.254 e. The van der Waals surface area contributed by atoms with E-state index in [9.17, 15) is 4.79 Å². The van der Waals surface area contributed by atoms with Crippen LogP contribution in [-0.4, -0.2) is 52.9 Å². The van der Waals surface area contributed by atoms with Crippen molar-refractivity contribution in [2.75, 3.05) is 26.2 Å². The fraction of sp³-hybridized carbons (Fsp3) is 0.600. The number of hydrogen-bond donors (Lipinski definition) is 1. The number of carbonyl (C=O) groups excluding carboxylic acids is 1. The van der Waals surface area contributed by atoms with Crippen LogP contribution in [0.5, 0.6) is 0 Å². The molecule has 2 N–H and O–H groups in total. The minimum atomic E-state index is 0.115. The summed E-state index contributed by atoms with van der Waals surface area (Å²) in [5.41, 5.74) is 7.06. The maximum atomic E-state index is 12.5. The van der Waals surface area contributed by atoms with Crippen LogP contribution in [0.3, 0.4) is 0 Å². The summed E-state index contributed by atoms with van der Waals surface area (Å²) in [6.07, 6.45) is 5.37. The molecule has 0 aromatic carbocycles. The van der Waals surface area contributed by atoms with Crippen LogP contribution < -0.4 is 5.73 Å².